The fourth-order valence-corrected chi connectivity index (χ4v) is 4.43. The molecule has 2 heterocycles. The average Bonchev–Trinajstić information content (AvgIpc) is 2.75. The summed E-state index contributed by atoms with van der Waals surface area (Å²) in [5.41, 5.74) is 4.84. The van der Waals surface area contributed by atoms with Crippen LogP contribution in [0.4, 0.5) is 22.7 Å². The predicted octanol–water partition coefficient (Wildman–Crippen LogP) is 3.39. The van der Waals surface area contributed by atoms with Gasteiger partial charge >= 0.3 is 0 Å². The molecule has 0 bridgehead atoms. The first-order valence-corrected chi connectivity index (χ1v) is 10.4. The van der Waals surface area contributed by atoms with E-state index in [0.717, 1.165) is 55.3 Å². The highest BCUT2D eigenvalue weighted by atomic mass is 16.5. The van der Waals surface area contributed by atoms with Crippen molar-refractivity contribution in [3.8, 4) is 0 Å². The molecule has 2 atom stereocenters. The topological polar surface area (TPSA) is 73.9 Å². The fourth-order valence-electron chi connectivity index (χ4n) is 4.43. The molecule has 2 amide bonds. The van der Waals surface area contributed by atoms with E-state index in [1.807, 2.05) is 23.1 Å². The number of morpholine rings is 1. The number of carbonyl (C=O) groups is 2. The first-order valence-electron chi connectivity index (χ1n) is 10.4. The Morgan fingerprint density at radius 3 is 2.47 bits per heavy atom. The van der Waals surface area contributed by atoms with Crippen molar-refractivity contribution >= 4 is 35.1 Å². The van der Waals surface area contributed by atoms with Gasteiger partial charge in [0.25, 0.3) is 0 Å². The summed E-state index contributed by atoms with van der Waals surface area (Å²) >= 11 is 0. The zero-order valence-corrected chi connectivity index (χ0v) is 17.4. The highest BCUT2D eigenvalue weighted by Crippen LogP contribution is 2.40. The van der Waals surface area contributed by atoms with Gasteiger partial charge < -0.3 is 25.2 Å². The molecule has 1 saturated heterocycles. The summed E-state index contributed by atoms with van der Waals surface area (Å²) in [5, 5.41) is 6.34. The van der Waals surface area contributed by atoms with E-state index in [0.29, 0.717) is 6.41 Å². The highest BCUT2D eigenvalue weighted by Gasteiger charge is 2.32. The second-order valence-corrected chi connectivity index (χ2v) is 7.85. The van der Waals surface area contributed by atoms with Gasteiger partial charge in [-0.15, -0.1) is 0 Å². The number of nitrogens with zero attached hydrogens (tertiary/aromatic N) is 2. The molecule has 30 heavy (non-hydrogen) atoms. The summed E-state index contributed by atoms with van der Waals surface area (Å²) in [6.45, 7) is 7.01. The largest absolute Gasteiger partial charge is 0.378 e. The third-order valence-electron chi connectivity index (χ3n) is 5.83. The monoisotopic (exact) mass is 408 g/mol. The van der Waals surface area contributed by atoms with Crippen LogP contribution in [0, 0.1) is 0 Å². The normalized spacial score (nSPS) is 21.0. The van der Waals surface area contributed by atoms with Gasteiger partial charge in [0.05, 0.1) is 19.3 Å². The number of hydrogen-bond donors (Lipinski definition) is 2. The van der Waals surface area contributed by atoms with E-state index >= 15 is 0 Å². The quantitative estimate of drug-likeness (QED) is 0.742. The molecule has 2 unspecified atom stereocenters. The van der Waals surface area contributed by atoms with Crippen LogP contribution in [0.2, 0.25) is 0 Å². The van der Waals surface area contributed by atoms with Crippen molar-refractivity contribution in [2.24, 2.45) is 0 Å². The van der Waals surface area contributed by atoms with E-state index in [1.54, 1.807) is 6.92 Å². The SMILES string of the molecule is CC(=O)N1c2ccc(NC=O)cc2C(Nc2ccc(N3CCOCC3)cc2)CC1C. The van der Waals surface area contributed by atoms with Gasteiger partial charge in [-0.1, -0.05) is 0 Å². The molecule has 7 heteroatoms. The summed E-state index contributed by atoms with van der Waals surface area (Å²) in [4.78, 5) is 27.3. The van der Waals surface area contributed by atoms with E-state index in [-0.39, 0.29) is 18.0 Å². The Hall–Kier alpha value is -3.06. The van der Waals surface area contributed by atoms with E-state index in [2.05, 4.69) is 46.7 Å². The third kappa shape index (κ3) is 4.11. The fraction of sp³-hybridized carbons (Fsp3) is 0.391. The summed E-state index contributed by atoms with van der Waals surface area (Å²) in [6.07, 6.45) is 1.45. The number of benzene rings is 2. The molecule has 7 nitrogen and oxygen atoms in total. The molecule has 0 aromatic heterocycles. The van der Waals surface area contributed by atoms with Crippen LogP contribution in [0.15, 0.2) is 42.5 Å². The van der Waals surface area contributed by atoms with E-state index in [9.17, 15) is 9.59 Å². The van der Waals surface area contributed by atoms with Gasteiger partial charge in [0.2, 0.25) is 12.3 Å². The molecular weight excluding hydrogens is 380 g/mol. The lowest BCUT2D eigenvalue weighted by Gasteiger charge is -2.39. The Kier molecular flexibility index (Phi) is 5.90. The summed E-state index contributed by atoms with van der Waals surface area (Å²) < 4.78 is 5.43. The molecule has 2 N–H and O–H groups in total. The maximum absolute atomic E-state index is 12.3. The van der Waals surface area contributed by atoms with Crippen molar-refractivity contribution < 1.29 is 14.3 Å². The first kappa shape index (κ1) is 20.2. The van der Waals surface area contributed by atoms with Gasteiger partial charge in [0, 0.05) is 54.4 Å². The van der Waals surface area contributed by atoms with Gasteiger partial charge in [0.15, 0.2) is 0 Å². The van der Waals surface area contributed by atoms with E-state index in [1.165, 1.54) is 5.69 Å². The Balaban J connectivity index is 1.59. The first-order chi connectivity index (χ1) is 14.6. The number of hydrogen-bond acceptors (Lipinski definition) is 5. The Labute approximate surface area is 177 Å². The maximum atomic E-state index is 12.3. The smallest absolute Gasteiger partial charge is 0.224 e. The number of anilines is 4. The van der Waals surface area contributed by atoms with Crippen LogP contribution in [0.1, 0.15) is 31.9 Å². The van der Waals surface area contributed by atoms with E-state index < -0.39 is 0 Å². The Morgan fingerprint density at radius 1 is 1.10 bits per heavy atom. The van der Waals surface area contributed by atoms with Gasteiger partial charge in [-0.3, -0.25) is 9.59 Å². The van der Waals surface area contributed by atoms with Crippen molar-refractivity contribution in [2.45, 2.75) is 32.4 Å². The number of ether oxygens (including phenoxy) is 1. The zero-order valence-electron chi connectivity index (χ0n) is 17.4. The molecule has 4 rings (SSSR count). The minimum absolute atomic E-state index is 0.0214. The van der Waals surface area contributed by atoms with Crippen molar-refractivity contribution in [3.63, 3.8) is 0 Å². The van der Waals surface area contributed by atoms with E-state index in [4.69, 9.17) is 4.74 Å². The minimum Gasteiger partial charge on any atom is -0.378 e. The van der Waals surface area contributed by atoms with Crippen molar-refractivity contribution in [1.29, 1.82) is 0 Å². The van der Waals surface area contributed by atoms with Gasteiger partial charge in [-0.2, -0.15) is 0 Å². The molecule has 2 aromatic rings. The molecule has 2 aliphatic rings. The van der Waals surface area contributed by atoms with Crippen LogP contribution in [0.25, 0.3) is 0 Å². The van der Waals surface area contributed by atoms with Crippen LogP contribution in [-0.4, -0.2) is 44.7 Å². The van der Waals surface area contributed by atoms with Crippen LogP contribution >= 0.6 is 0 Å². The van der Waals surface area contributed by atoms with Crippen LogP contribution in [0.5, 0.6) is 0 Å². The molecule has 2 aliphatic heterocycles. The minimum atomic E-state index is 0.0214. The average molecular weight is 409 g/mol. The molecule has 0 saturated carbocycles. The highest BCUT2D eigenvalue weighted by molar-refractivity contribution is 5.94. The number of amides is 2. The number of fused-ring (bicyclic) bond motifs is 1. The second kappa shape index (κ2) is 8.75. The number of rotatable bonds is 5. The van der Waals surface area contributed by atoms with Crippen molar-refractivity contribution in [3.05, 3.63) is 48.0 Å². The molecular formula is C23H28N4O3. The lowest BCUT2D eigenvalue weighted by Crippen LogP contribution is -2.43. The summed E-state index contributed by atoms with van der Waals surface area (Å²) in [5.74, 6) is 0.0214. The molecule has 1 fully saturated rings. The molecule has 2 aromatic carbocycles. The molecule has 0 radical (unpaired) electrons. The Morgan fingerprint density at radius 2 is 1.80 bits per heavy atom. The number of carbonyl (C=O) groups excluding carboxylic acids is 2. The van der Waals surface area contributed by atoms with Crippen LogP contribution in [0.3, 0.4) is 0 Å². The zero-order chi connectivity index (χ0) is 21.1. The van der Waals surface area contributed by atoms with Gasteiger partial charge in [0.1, 0.15) is 0 Å². The van der Waals surface area contributed by atoms with Crippen molar-refractivity contribution in [2.75, 3.05) is 46.7 Å². The Bertz CT molecular complexity index is 909. The number of nitrogens with one attached hydrogen (secondary N) is 2. The third-order valence-corrected chi connectivity index (χ3v) is 5.83. The lowest BCUT2D eigenvalue weighted by atomic mass is 9.91. The van der Waals surface area contributed by atoms with Gasteiger partial charge in [-0.05, 0) is 55.8 Å². The maximum Gasteiger partial charge on any atom is 0.224 e. The molecule has 0 spiro atoms. The molecule has 158 valence electrons. The van der Waals surface area contributed by atoms with Crippen LogP contribution in [-0.2, 0) is 14.3 Å². The van der Waals surface area contributed by atoms with Crippen molar-refractivity contribution in [1.82, 2.24) is 0 Å². The standard InChI is InChI=1S/C23H28N4O3/c1-16-13-22(21-14-19(24-15-28)5-8-23(21)27(16)17(2)29)25-18-3-6-20(7-4-18)26-9-11-30-12-10-26/h3-8,14-16,22,25H,9-13H2,1-2H3,(H,24,28). The predicted molar refractivity (Wildman–Crippen MR) is 119 cm³/mol. The molecule has 0 aliphatic carbocycles. The summed E-state index contributed by atoms with van der Waals surface area (Å²) in [7, 11) is 0. The van der Waals surface area contributed by atoms with Crippen LogP contribution < -0.4 is 20.4 Å². The second-order valence-electron chi connectivity index (χ2n) is 7.85. The lowest BCUT2D eigenvalue weighted by molar-refractivity contribution is -0.117. The summed E-state index contributed by atoms with van der Waals surface area (Å²) in [6, 6.07) is 14.3. The van der Waals surface area contributed by atoms with Gasteiger partial charge in [-0.25, -0.2) is 0 Å².